The summed E-state index contributed by atoms with van der Waals surface area (Å²) in [5, 5.41) is 17.0. The predicted molar refractivity (Wildman–Crippen MR) is 129 cm³/mol. The monoisotopic (exact) mass is 425 g/mol. The Kier molecular flexibility index (Phi) is 7.00. The molecule has 0 aliphatic heterocycles. The fraction of sp³-hybridized carbons (Fsp3) is 0.148. The molecule has 5 heteroatoms. The summed E-state index contributed by atoms with van der Waals surface area (Å²) in [6.45, 7) is 1.81. The van der Waals surface area contributed by atoms with E-state index < -0.39 is 0 Å². The number of hydrogen-bond donors (Lipinski definition) is 4. The summed E-state index contributed by atoms with van der Waals surface area (Å²) in [6.07, 6.45) is 4.91. The SMILES string of the molecule is O=C(NCCC=Cc1ccccc1)c1ccccc1CNCc1cc2cc(O)ccc2[nH]1. The molecule has 0 aliphatic rings. The largest absolute Gasteiger partial charge is 0.508 e. The number of rotatable bonds is 9. The second kappa shape index (κ2) is 10.5. The highest BCUT2D eigenvalue weighted by atomic mass is 16.3. The Labute approximate surface area is 187 Å². The highest BCUT2D eigenvalue weighted by Gasteiger charge is 2.10. The van der Waals surface area contributed by atoms with Gasteiger partial charge in [-0.25, -0.2) is 0 Å². The smallest absolute Gasteiger partial charge is 0.251 e. The zero-order chi connectivity index (χ0) is 22.2. The van der Waals surface area contributed by atoms with Gasteiger partial charge in [-0.2, -0.15) is 0 Å². The van der Waals surface area contributed by atoms with Crippen LogP contribution in [0.5, 0.6) is 5.75 Å². The van der Waals surface area contributed by atoms with E-state index >= 15 is 0 Å². The molecule has 0 radical (unpaired) electrons. The highest BCUT2D eigenvalue weighted by Crippen LogP contribution is 2.20. The first-order valence-electron chi connectivity index (χ1n) is 10.8. The third kappa shape index (κ3) is 5.65. The second-order valence-corrected chi connectivity index (χ2v) is 7.68. The standard InChI is InChI=1S/C27H27N3O2/c31-24-13-14-26-22(17-24)16-23(30-26)19-28-18-21-11-4-5-12-25(21)27(32)29-15-7-6-10-20-8-2-1-3-9-20/h1-6,8-14,16-17,28,30-31H,7,15,18-19H2,(H,29,32). The van der Waals surface area contributed by atoms with Gasteiger partial charge in [0.15, 0.2) is 0 Å². The Morgan fingerprint density at radius 1 is 0.938 bits per heavy atom. The summed E-state index contributed by atoms with van der Waals surface area (Å²) < 4.78 is 0. The number of phenols is 1. The lowest BCUT2D eigenvalue weighted by atomic mass is 10.1. The highest BCUT2D eigenvalue weighted by molar-refractivity contribution is 5.95. The van der Waals surface area contributed by atoms with E-state index in [2.05, 4.69) is 39.9 Å². The van der Waals surface area contributed by atoms with Crippen molar-refractivity contribution < 1.29 is 9.90 Å². The number of aromatic hydroxyl groups is 1. The van der Waals surface area contributed by atoms with Crippen molar-refractivity contribution >= 4 is 22.9 Å². The molecule has 0 spiro atoms. The number of aromatic nitrogens is 1. The number of hydrogen-bond acceptors (Lipinski definition) is 3. The summed E-state index contributed by atoms with van der Waals surface area (Å²) in [5.41, 5.74) is 4.81. The van der Waals surface area contributed by atoms with Crippen molar-refractivity contribution in [3.8, 4) is 5.75 Å². The molecule has 3 aromatic carbocycles. The number of aromatic amines is 1. The minimum atomic E-state index is -0.0587. The summed E-state index contributed by atoms with van der Waals surface area (Å²) in [4.78, 5) is 16.0. The van der Waals surface area contributed by atoms with E-state index in [9.17, 15) is 9.90 Å². The van der Waals surface area contributed by atoms with E-state index in [1.54, 1.807) is 12.1 Å². The molecular weight excluding hydrogens is 398 g/mol. The van der Waals surface area contributed by atoms with Gasteiger partial charge in [-0.05, 0) is 47.9 Å². The van der Waals surface area contributed by atoms with Crippen molar-refractivity contribution in [2.45, 2.75) is 19.5 Å². The summed E-state index contributed by atoms with van der Waals surface area (Å²) in [7, 11) is 0. The maximum absolute atomic E-state index is 12.7. The van der Waals surface area contributed by atoms with Crippen molar-refractivity contribution in [1.82, 2.24) is 15.6 Å². The van der Waals surface area contributed by atoms with Gasteiger partial charge in [0.05, 0.1) is 0 Å². The lowest BCUT2D eigenvalue weighted by Gasteiger charge is -2.10. The first-order chi connectivity index (χ1) is 15.7. The van der Waals surface area contributed by atoms with Gasteiger partial charge in [-0.1, -0.05) is 60.7 Å². The Balaban J connectivity index is 1.28. The molecule has 1 heterocycles. The molecule has 4 rings (SSSR count). The average Bonchev–Trinajstić information content (AvgIpc) is 3.21. The first kappa shape index (κ1) is 21.4. The number of H-pyrrole nitrogens is 1. The number of amides is 1. The van der Waals surface area contributed by atoms with Crippen LogP contribution in [0.4, 0.5) is 0 Å². The van der Waals surface area contributed by atoms with Gasteiger partial charge in [-0.3, -0.25) is 4.79 Å². The quantitative estimate of drug-likeness (QED) is 0.285. The normalized spacial score (nSPS) is 11.2. The molecule has 0 aliphatic carbocycles. The van der Waals surface area contributed by atoms with Crippen LogP contribution in [0.1, 0.15) is 33.6 Å². The number of carbonyl (C=O) groups excluding carboxylic acids is 1. The molecule has 0 saturated heterocycles. The Morgan fingerprint density at radius 2 is 1.75 bits per heavy atom. The van der Waals surface area contributed by atoms with E-state index in [0.717, 1.165) is 34.1 Å². The van der Waals surface area contributed by atoms with Crippen LogP contribution in [0.2, 0.25) is 0 Å². The molecule has 1 aromatic heterocycles. The van der Waals surface area contributed by atoms with Gasteiger partial charge in [-0.15, -0.1) is 0 Å². The molecule has 32 heavy (non-hydrogen) atoms. The predicted octanol–water partition coefficient (Wildman–Crippen LogP) is 5.00. The summed E-state index contributed by atoms with van der Waals surface area (Å²) in [5.74, 6) is 0.197. The fourth-order valence-corrected chi connectivity index (χ4v) is 3.65. The van der Waals surface area contributed by atoms with Gasteiger partial charge in [0.1, 0.15) is 5.75 Å². The topological polar surface area (TPSA) is 77.2 Å². The van der Waals surface area contributed by atoms with Crippen LogP contribution in [-0.4, -0.2) is 22.5 Å². The third-order valence-electron chi connectivity index (χ3n) is 5.26. The van der Waals surface area contributed by atoms with Gasteiger partial charge >= 0.3 is 0 Å². The Bertz CT molecular complexity index is 1210. The van der Waals surface area contributed by atoms with Crippen molar-refractivity contribution in [3.05, 3.63) is 107 Å². The van der Waals surface area contributed by atoms with Crippen molar-refractivity contribution in [2.24, 2.45) is 0 Å². The maximum Gasteiger partial charge on any atom is 0.251 e. The lowest BCUT2D eigenvalue weighted by Crippen LogP contribution is -2.26. The van der Waals surface area contributed by atoms with E-state index in [1.807, 2.05) is 54.6 Å². The number of fused-ring (bicyclic) bond motifs is 1. The van der Waals surface area contributed by atoms with Gasteiger partial charge in [0, 0.05) is 41.8 Å². The van der Waals surface area contributed by atoms with Gasteiger partial charge in [0.25, 0.3) is 5.91 Å². The van der Waals surface area contributed by atoms with Gasteiger partial charge in [0.2, 0.25) is 0 Å². The number of nitrogens with one attached hydrogen (secondary N) is 3. The van der Waals surface area contributed by atoms with Crippen LogP contribution >= 0.6 is 0 Å². The summed E-state index contributed by atoms with van der Waals surface area (Å²) in [6, 6.07) is 25.1. The minimum absolute atomic E-state index is 0.0587. The Morgan fingerprint density at radius 3 is 2.62 bits per heavy atom. The van der Waals surface area contributed by atoms with Gasteiger partial charge < -0.3 is 20.7 Å². The molecule has 162 valence electrons. The molecule has 0 atom stereocenters. The molecule has 5 nitrogen and oxygen atoms in total. The number of phenolic OH excluding ortho intramolecular Hbond substituents is 1. The third-order valence-corrected chi connectivity index (χ3v) is 5.26. The fourth-order valence-electron chi connectivity index (χ4n) is 3.65. The van der Waals surface area contributed by atoms with E-state index in [0.29, 0.717) is 25.2 Å². The van der Waals surface area contributed by atoms with Crippen LogP contribution in [-0.2, 0) is 13.1 Å². The molecule has 0 fully saturated rings. The van der Waals surface area contributed by atoms with Crippen molar-refractivity contribution in [2.75, 3.05) is 6.54 Å². The van der Waals surface area contributed by atoms with Crippen LogP contribution in [0.15, 0.2) is 84.9 Å². The van der Waals surface area contributed by atoms with E-state index in [1.165, 1.54) is 0 Å². The van der Waals surface area contributed by atoms with Crippen LogP contribution in [0.3, 0.4) is 0 Å². The molecule has 1 amide bonds. The van der Waals surface area contributed by atoms with Crippen molar-refractivity contribution in [3.63, 3.8) is 0 Å². The number of benzene rings is 3. The maximum atomic E-state index is 12.7. The van der Waals surface area contributed by atoms with E-state index in [4.69, 9.17) is 0 Å². The number of carbonyl (C=O) groups is 1. The van der Waals surface area contributed by atoms with Crippen molar-refractivity contribution in [1.29, 1.82) is 0 Å². The zero-order valence-electron chi connectivity index (χ0n) is 17.8. The Hall–Kier alpha value is -3.83. The minimum Gasteiger partial charge on any atom is -0.508 e. The van der Waals surface area contributed by atoms with Crippen LogP contribution in [0, 0.1) is 0 Å². The molecule has 0 unspecified atom stereocenters. The molecular formula is C27H27N3O2. The first-order valence-corrected chi connectivity index (χ1v) is 10.8. The lowest BCUT2D eigenvalue weighted by molar-refractivity contribution is 0.0953. The van der Waals surface area contributed by atoms with Crippen LogP contribution in [0.25, 0.3) is 17.0 Å². The molecule has 4 N–H and O–H groups in total. The molecule has 0 saturated carbocycles. The van der Waals surface area contributed by atoms with E-state index in [-0.39, 0.29) is 11.7 Å². The van der Waals surface area contributed by atoms with Crippen LogP contribution < -0.4 is 10.6 Å². The zero-order valence-corrected chi connectivity index (χ0v) is 17.8. The molecule has 0 bridgehead atoms. The average molecular weight is 426 g/mol. The summed E-state index contributed by atoms with van der Waals surface area (Å²) >= 11 is 0. The second-order valence-electron chi connectivity index (χ2n) is 7.68. The molecule has 4 aromatic rings.